The molecule has 0 radical (unpaired) electrons. The lowest BCUT2D eigenvalue weighted by molar-refractivity contribution is -0.380. The molecular formula is C24H19F2N3O3S2. The minimum Gasteiger partial charge on any atom is -0.297 e. The first-order valence-corrected chi connectivity index (χ1v) is 11.8. The van der Waals surface area contributed by atoms with Crippen LogP contribution in [0, 0.1) is 21.7 Å². The van der Waals surface area contributed by atoms with Crippen LogP contribution in [-0.2, 0) is 5.41 Å². The van der Waals surface area contributed by atoms with Crippen molar-refractivity contribution in [2.75, 3.05) is 5.32 Å². The normalized spacial score (nSPS) is 11.4. The lowest BCUT2D eigenvalue weighted by Gasteiger charge is -2.19. The molecule has 2 heterocycles. The number of hydrogen-bond acceptors (Lipinski definition) is 6. The highest BCUT2D eigenvalue weighted by Crippen LogP contribution is 2.40. The largest absolute Gasteiger partial charge is 0.324 e. The molecule has 6 nitrogen and oxygen atoms in total. The number of carbonyl (C=O) groups excluding carboxylic acids is 1. The summed E-state index contributed by atoms with van der Waals surface area (Å²) >= 11 is 1.81. The number of halogens is 2. The molecule has 2 aromatic carbocycles. The third-order valence-corrected chi connectivity index (χ3v) is 7.05. The Labute approximate surface area is 202 Å². The zero-order valence-corrected chi connectivity index (χ0v) is 20.0. The molecule has 1 amide bonds. The monoisotopic (exact) mass is 499 g/mol. The maximum Gasteiger partial charge on any atom is 0.324 e. The average molecular weight is 500 g/mol. The number of thiazole rings is 1. The van der Waals surface area contributed by atoms with Crippen LogP contribution in [-0.4, -0.2) is 15.8 Å². The Morgan fingerprint density at radius 1 is 0.971 bits per heavy atom. The molecule has 1 N–H and O–H groups in total. The molecule has 0 aliphatic heterocycles. The second-order valence-electron chi connectivity index (χ2n) is 8.53. The van der Waals surface area contributed by atoms with Gasteiger partial charge in [-0.05, 0) is 34.7 Å². The smallest absolute Gasteiger partial charge is 0.297 e. The topological polar surface area (TPSA) is 85.1 Å². The minimum absolute atomic E-state index is 0.0580. The van der Waals surface area contributed by atoms with Crippen LogP contribution in [0.5, 0.6) is 0 Å². The van der Waals surface area contributed by atoms with Gasteiger partial charge in [0.25, 0.3) is 5.91 Å². The minimum atomic E-state index is -0.728. The number of nitrogens with zero attached hydrogens (tertiary/aromatic N) is 2. The standard InChI is InChI=1S/C24H19F2N3O3S2/c1-24(2,3)15-6-4-13(5-7-15)20-21(14-10-16(25)12-17(26)11-14)34-23(27-20)28-22(30)18-8-9-19(33-18)29(31)32/h4-12H,1-3H3,(H,27,28,30). The van der Waals surface area contributed by atoms with Crippen LogP contribution in [0.2, 0.25) is 0 Å². The van der Waals surface area contributed by atoms with Gasteiger partial charge in [-0.1, -0.05) is 67.7 Å². The van der Waals surface area contributed by atoms with E-state index in [0.29, 0.717) is 10.6 Å². The van der Waals surface area contributed by atoms with E-state index in [1.54, 1.807) is 0 Å². The van der Waals surface area contributed by atoms with Crippen molar-refractivity contribution < 1.29 is 18.5 Å². The van der Waals surface area contributed by atoms with E-state index in [2.05, 4.69) is 31.1 Å². The maximum atomic E-state index is 14.0. The van der Waals surface area contributed by atoms with Crippen molar-refractivity contribution in [1.29, 1.82) is 0 Å². The van der Waals surface area contributed by atoms with Gasteiger partial charge in [0, 0.05) is 17.7 Å². The Hall–Kier alpha value is -3.50. The van der Waals surface area contributed by atoms with Crippen molar-refractivity contribution in [2.24, 2.45) is 0 Å². The van der Waals surface area contributed by atoms with E-state index in [1.165, 1.54) is 24.3 Å². The molecule has 4 aromatic rings. The number of amides is 1. The lowest BCUT2D eigenvalue weighted by atomic mass is 9.86. The van der Waals surface area contributed by atoms with E-state index in [1.807, 2.05) is 24.3 Å². The van der Waals surface area contributed by atoms with E-state index < -0.39 is 22.5 Å². The van der Waals surface area contributed by atoms with Crippen LogP contribution in [0.1, 0.15) is 36.0 Å². The highest BCUT2D eigenvalue weighted by molar-refractivity contribution is 7.20. The fourth-order valence-corrected chi connectivity index (χ4v) is 4.97. The fraction of sp³-hybridized carbons (Fsp3) is 0.167. The van der Waals surface area contributed by atoms with Crippen molar-refractivity contribution in [3.05, 3.63) is 86.8 Å². The van der Waals surface area contributed by atoms with Gasteiger partial charge < -0.3 is 0 Å². The van der Waals surface area contributed by atoms with Crippen LogP contribution in [0.4, 0.5) is 18.9 Å². The molecule has 0 aliphatic rings. The molecule has 0 atom stereocenters. The first-order chi connectivity index (χ1) is 16.0. The number of hydrogen-bond donors (Lipinski definition) is 1. The summed E-state index contributed by atoms with van der Waals surface area (Å²) < 4.78 is 27.9. The van der Waals surface area contributed by atoms with Crippen LogP contribution in [0.15, 0.2) is 54.6 Å². The maximum absolute atomic E-state index is 14.0. The van der Waals surface area contributed by atoms with Gasteiger partial charge in [0.2, 0.25) is 0 Å². The Kier molecular flexibility index (Phi) is 6.28. The summed E-state index contributed by atoms with van der Waals surface area (Å²) in [5.74, 6) is -2.01. The van der Waals surface area contributed by atoms with Crippen molar-refractivity contribution in [3.8, 4) is 21.7 Å². The number of nitro groups is 1. The van der Waals surface area contributed by atoms with Gasteiger partial charge in [0.05, 0.1) is 20.4 Å². The molecule has 174 valence electrons. The fourth-order valence-electron chi connectivity index (χ4n) is 3.28. The van der Waals surface area contributed by atoms with E-state index >= 15 is 0 Å². The van der Waals surface area contributed by atoms with Gasteiger partial charge in [-0.25, -0.2) is 13.8 Å². The van der Waals surface area contributed by atoms with Crippen molar-refractivity contribution in [1.82, 2.24) is 4.98 Å². The number of thiophene rings is 1. The summed E-state index contributed by atoms with van der Waals surface area (Å²) in [6.07, 6.45) is 0. The molecule has 10 heteroatoms. The van der Waals surface area contributed by atoms with E-state index in [9.17, 15) is 23.7 Å². The highest BCUT2D eigenvalue weighted by Gasteiger charge is 2.21. The number of anilines is 1. The van der Waals surface area contributed by atoms with E-state index in [4.69, 9.17) is 0 Å². The zero-order valence-electron chi connectivity index (χ0n) is 18.4. The Balaban J connectivity index is 1.75. The molecular weight excluding hydrogens is 480 g/mol. The molecule has 0 unspecified atom stereocenters. The Bertz CT molecular complexity index is 1370. The Morgan fingerprint density at radius 2 is 1.62 bits per heavy atom. The van der Waals surface area contributed by atoms with Gasteiger partial charge >= 0.3 is 5.00 Å². The molecule has 0 spiro atoms. The Morgan fingerprint density at radius 3 is 2.18 bits per heavy atom. The van der Waals surface area contributed by atoms with Gasteiger partial charge in [-0.15, -0.1) is 0 Å². The predicted octanol–water partition coefficient (Wildman–Crippen LogP) is 7.27. The number of rotatable bonds is 5. The van der Waals surface area contributed by atoms with Crippen LogP contribution >= 0.6 is 22.7 Å². The molecule has 34 heavy (non-hydrogen) atoms. The van der Waals surface area contributed by atoms with Gasteiger partial charge in [0.15, 0.2) is 5.13 Å². The van der Waals surface area contributed by atoms with Gasteiger partial charge in [-0.3, -0.25) is 20.2 Å². The number of aromatic nitrogens is 1. The van der Waals surface area contributed by atoms with E-state index in [0.717, 1.165) is 39.9 Å². The van der Waals surface area contributed by atoms with Gasteiger partial charge in [-0.2, -0.15) is 0 Å². The van der Waals surface area contributed by atoms with Crippen LogP contribution in [0.25, 0.3) is 21.7 Å². The van der Waals surface area contributed by atoms with E-state index in [-0.39, 0.29) is 26.0 Å². The number of benzene rings is 2. The molecule has 0 saturated carbocycles. The summed E-state index contributed by atoms with van der Waals surface area (Å²) in [6.45, 7) is 6.27. The third kappa shape index (κ3) is 5.02. The third-order valence-electron chi connectivity index (χ3n) is 4.99. The predicted molar refractivity (Wildman–Crippen MR) is 131 cm³/mol. The summed E-state index contributed by atoms with van der Waals surface area (Å²) in [4.78, 5) is 28.1. The SMILES string of the molecule is CC(C)(C)c1ccc(-c2nc(NC(=O)c3ccc([N+](=O)[O-])s3)sc2-c2cc(F)cc(F)c2)cc1. The molecule has 4 rings (SSSR count). The molecule has 0 fully saturated rings. The molecule has 0 bridgehead atoms. The second-order valence-corrected chi connectivity index (χ2v) is 10.6. The number of nitrogens with one attached hydrogen (secondary N) is 1. The first-order valence-electron chi connectivity index (χ1n) is 10.1. The zero-order chi connectivity index (χ0) is 24.6. The van der Waals surface area contributed by atoms with Crippen molar-refractivity contribution >= 4 is 38.7 Å². The van der Waals surface area contributed by atoms with Crippen molar-refractivity contribution in [2.45, 2.75) is 26.2 Å². The summed E-state index contributed by atoms with van der Waals surface area (Å²) in [5.41, 5.74) is 2.52. The summed E-state index contributed by atoms with van der Waals surface area (Å²) in [7, 11) is 0. The highest BCUT2D eigenvalue weighted by atomic mass is 32.1. The van der Waals surface area contributed by atoms with Crippen LogP contribution in [0.3, 0.4) is 0 Å². The molecule has 0 aliphatic carbocycles. The summed E-state index contributed by atoms with van der Waals surface area (Å²) in [6, 6.07) is 13.5. The van der Waals surface area contributed by atoms with Gasteiger partial charge in [0.1, 0.15) is 11.6 Å². The quantitative estimate of drug-likeness (QED) is 0.231. The molecule has 0 saturated heterocycles. The van der Waals surface area contributed by atoms with Crippen molar-refractivity contribution in [3.63, 3.8) is 0 Å². The molecule has 2 aromatic heterocycles. The second kappa shape index (κ2) is 9.03. The van der Waals surface area contributed by atoms with Crippen LogP contribution < -0.4 is 5.32 Å². The first kappa shape index (κ1) is 23.7. The summed E-state index contributed by atoms with van der Waals surface area (Å²) in [5, 5.41) is 13.6. The average Bonchev–Trinajstić information content (AvgIpc) is 3.40. The number of carbonyl (C=O) groups is 1. The lowest BCUT2D eigenvalue weighted by Crippen LogP contribution is -2.10.